The molecule has 166 valence electrons. The number of carbonyl (C=O) groups excluding carboxylic acids is 1. The van der Waals surface area contributed by atoms with E-state index in [0.29, 0.717) is 11.5 Å². The molecule has 0 bridgehead atoms. The van der Waals surface area contributed by atoms with E-state index in [4.69, 9.17) is 14.0 Å². The Morgan fingerprint density at radius 1 is 1.37 bits per heavy atom. The number of aliphatic hydroxyl groups excluding tert-OH is 1. The van der Waals surface area contributed by atoms with Crippen molar-refractivity contribution in [1.82, 2.24) is 5.09 Å². The molecule has 0 saturated heterocycles. The first-order valence-corrected chi connectivity index (χ1v) is 12.6. The van der Waals surface area contributed by atoms with Crippen molar-refractivity contribution in [3.8, 4) is 0 Å². The molecule has 0 amide bonds. The largest absolute Gasteiger partial charge is 0.457 e. The lowest BCUT2D eigenvalue weighted by molar-refractivity contribution is -0.113. The molecule has 0 fully saturated rings. The number of thiophene rings is 1. The smallest absolute Gasteiger partial charge is 0.348 e. The van der Waals surface area contributed by atoms with Crippen molar-refractivity contribution in [1.29, 1.82) is 0 Å². The Labute approximate surface area is 181 Å². The van der Waals surface area contributed by atoms with Crippen LogP contribution in [0.2, 0.25) is 0 Å². The maximum Gasteiger partial charge on any atom is 0.348 e. The van der Waals surface area contributed by atoms with E-state index in [-0.39, 0.29) is 19.4 Å². The van der Waals surface area contributed by atoms with Crippen LogP contribution in [0.3, 0.4) is 0 Å². The van der Waals surface area contributed by atoms with Gasteiger partial charge in [0, 0.05) is 11.3 Å². The number of rotatable bonds is 13. The van der Waals surface area contributed by atoms with Gasteiger partial charge in [0.2, 0.25) is 0 Å². The predicted molar refractivity (Wildman–Crippen MR) is 120 cm³/mol. The lowest BCUT2D eigenvalue weighted by atomic mass is 10.2. The zero-order valence-corrected chi connectivity index (χ0v) is 19.3. The van der Waals surface area contributed by atoms with Crippen molar-refractivity contribution < 1.29 is 28.5 Å². The number of fused-ring (bicyclic) bond motifs is 1. The van der Waals surface area contributed by atoms with Crippen LogP contribution < -0.4 is 5.09 Å². The molecule has 2 rings (SSSR count). The summed E-state index contributed by atoms with van der Waals surface area (Å²) in [5.41, 5.74) is 0.798. The minimum Gasteiger partial charge on any atom is -0.457 e. The highest BCUT2D eigenvalue weighted by molar-refractivity contribution is 7.56. The zero-order valence-electron chi connectivity index (χ0n) is 17.6. The van der Waals surface area contributed by atoms with E-state index in [9.17, 15) is 14.5 Å². The predicted octanol–water partition coefficient (Wildman–Crippen LogP) is 4.70. The summed E-state index contributed by atoms with van der Waals surface area (Å²) in [5.74, 6) is -0.394. The summed E-state index contributed by atoms with van der Waals surface area (Å²) in [6.45, 7) is 9.80. The van der Waals surface area contributed by atoms with E-state index >= 15 is 0 Å². The molecular weight excluding hydrogens is 425 g/mol. The van der Waals surface area contributed by atoms with Crippen molar-refractivity contribution >= 4 is 34.9 Å². The quantitative estimate of drug-likeness (QED) is 0.196. The molecule has 0 spiro atoms. The zero-order chi connectivity index (χ0) is 22.1. The van der Waals surface area contributed by atoms with Gasteiger partial charge in [-0.05, 0) is 49.4 Å². The molecule has 2 N–H and O–H groups in total. The van der Waals surface area contributed by atoms with Gasteiger partial charge in [0.25, 0.3) is 7.52 Å². The standard InChI is InChI=1S/C21H30NO6PS/c1-5-10-26-20(23)15(4)22-29(25,28-7-3)14-16-8-9-18-17(12-16)13-19(30-18)21(24)27-11-6-2/h6,8-9,12-13,15,20,23H,2,5,7,10-11,14H2,1,3-4H3,(H,22,25)/t15-,20?,29?/m0/s1. The van der Waals surface area contributed by atoms with E-state index in [2.05, 4.69) is 11.7 Å². The van der Waals surface area contributed by atoms with Crippen LogP contribution in [0.25, 0.3) is 10.1 Å². The van der Waals surface area contributed by atoms with E-state index in [1.165, 1.54) is 17.4 Å². The van der Waals surface area contributed by atoms with Crippen LogP contribution in [0, 0.1) is 0 Å². The van der Waals surface area contributed by atoms with Crippen molar-refractivity contribution in [2.24, 2.45) is 0 Å². The molecule has 2 unspecified atom stereocenters. The molecule has 2 aromatic rings. The third-order valence-electron chi connectivity index (χ3n) is 4.16. The van der Waals surface area contributed by atoms with Crippen molar-refractivity contribution in [2.75, 3.05) is 19.8 Å². The third-order valence-corrected chi connectivity index (χ3v) is 7.52. The Morgan fingerprint density at radius 2 is 2.13 bits per heavy atom. The van der Waals surface area contributed by atoms with Crippen LogP contribution in [-0.2, 0) is 24.7 Å². The lowest BCUT2D eigenvalue weighted by Gasteiger charge is -2.26. The van der Waals surface area contributed by atoms with Crippen molar-refractivity contribution in [3.63, 3.8) is 0 Å². The number of benzene rings is 1. The van der Waals surface area contributed by atoms with Crippen molar-refractivity contribution in [3.05, 3.63) is 47.4 Å². The number of ether oxygens (including phenoxy) is 2. The van der Waals surface area contributed by atoms with Gasteiger partial charge in [-0.3, -0.25) is 4.57 Å². The second-order valence-electron chi connectivity index (χ2n) is 6.80. The van der Waals surface area contributed by atoms with Gasteiger partial charge in [-0.25, -0.2) is 9.88 Å². The van der Waals surface area contributed by atoms with Crippen LogP contribution in [0.15, 0.2) is 36.9 Å². The molecule has 30 heavy (non-hydrogen) atoms. The van der Waals surface area contributed by atoms with Gasteiger partial charge in [0.1, 0.15) is 11.5 Å². The molecule has 1 heterocycles. The van der Waals surface area contributed by atoms with Gasteiger partial charge < -0.3 is 19.1 Å². The van der Waals surface area contributed by atoms with Gasteiger partial charge in [0.15, 0.2) is 6.29 Å². The molecule has 0 aliphatic rings. The molecular formula is C21H30NO6PS. The van der Waals surface area contributed by atoms with Crippen LogP contribution >= 0.6 is 18.9 Å². The highest BCUT2D eigenvalue weighted by Gasteiger charge is 2.29. The number of nitrogens with one attached hydrogen (secondary N) is 1. The summed E-state index contributed by atoms with van der Waals surface area (Å²) in [4.78, 5) is 12.6. The average molecular weight is 456 g/mol. The number of hydrogen-bond donors (Lipinski definition) is 2. The molecule has 1 aromatic heterocycles. The molecule has 3 atom stereocenters. The molecule has 0 aliphatic heterocycles. The van der Waals surface area contributed by atoms with E-state index < -0.39 is 25.8 Å². The first-order valence-electron chi connectivity index (χ1n) is 9.93. The topological polar surface area (TPSA) is 94.1 Å². The monoisotopic (exact) mass is 455 g/mol. The van der Waals surface area contributed by atoms with E-state index in [1.54, 1.807) is 19.9 Å². The van der Waals surface area contributed by atoms with Gasteiger partial charge in [-0.2, -0.15) is 0 Å². The summed E-state index contributed by atoms with van der Waals surface area (Å²) in [7, 11) is -3.28. The van der Waals surface area contributed by atoms with Gasteiger partial charge in [0.05, 0.1) is 18.8 Å². The summed E-state index contributed by atoms with van der Waals surface area (Å²) in [6.07, 6.45) is 1.36. The fraction of sp³-hybridized carbons (Fsp3) is 0.476. The average Bonchev–Trinajstić information content (AvgIpc) is 3.13. The Morgan fingerprint density at radius 3 is 2.80 bits per heavy atom. The fourth-order valence-electron chi connectivity index (χ4n) is 2.83. The van der Waals surface area contributed by atoms with Crippen LogP contribution in [0.4, 0.5) is 0 Å². The normalized spacial score (nSPS) is 15.5. The molecule has 0 saturated carbocycles. The van der Waals surface area contributed by atoms with Gasteiger partial charge >= 0.3 is 5.97 Å². The summed E-state index contributed by atoms with van der Waals surface area (Å²) in [6, 6.07) is 6.83. The summed E-state index contributed by atoms with van der Waals surface area (Å²) in [5, 5.41) is 13.9. The minimum atomic E-state index is -3.28. The summed E-state index contributed by atoms with van der Waals surface area (Å²) >= 11 is 1.34. The first-order chi connectivity index (χ1) is 14.3. The SMILES string of the molecule is C=CCOC(=O)c1cc2cc(CP(=O)(N[C@@H](C)C(O)OCCC)OCC)ccc2s1. The number of esters is 1. The van der Waals surface area contributed by atoms with Gasteiger partial charge in [-0.15, -0.1) is 11.3 Å². The van der Waals surface area contributed by atoms with Crippen LogP contribution in [0.1, 0.15) is 42.4 Å². The van der Waals surface area contributed by atoms with E-state index in [1.807, 2.05) is 25.1 Å². The Hall–Kier alpha value is -1.54. The number of hydrogen-bond acceptors (Lipinski definition) is 7. The molecule has 0 radical (unpaired) electrons. The Balaban J connectivity index is 2.16. The highest BCUT2D eigenvalue weighted by Crippen LogP contribution is 2.47. The maximum atomic E-state index is 13.4. The Bertz CT molecular complexity index is 899. The number of carbonyl (C=O) groups is 1. The second-order valence-corrected chi connectivity index (χ2v) is 10.1. The molecule has 0 aliphatic carbocycles. The maximum absolute atomic E-state index is 13.4. The first kappa shape index (κ1) is 24.7. The molecule has 9 heteroatoms. The van der Waals surface area contributed by atoms with Gasteiger partial charge in [-0.1, -0.05) is 25.6 Å². The van der Waals surface area contributed by atoms with Crippen molar-refractivity contribution in [2.45, 2.75) is 45.7 Å². The third kappa shape index (κ3) is 7.01. The fourth-order valence-corrected chi connectivity index (χ4v) is 5.87. The lowest BCUT2D eigenvalue weighted by Crippen LogP contribution is -2.38. The minimum absolute atomic E-state index is 0.147. The van der Waals surface area contributed by atoms with E-state index in [0.717, 1.165) is 22.1 Å². The number of aliphatic hydroxyl groups is 1. The molecule has 7 nitrogen and oxygen atoms in total. The highest BCUT2D eigenvalue weighted by atomic mass is 32.1. The Kier molecular flexibility index (Phi) is 9.68. The summed E-state index contributed by atoms with van der Waals surface area (Å²) < 4.78 is 30.2. The van der Waals surface area contributed by atoms with Crippen LogP contribution in [0.5, 0.6) is 0 Å². The molecule has 1 aromatic carbocycles. The second kappa shape index (κ2) is 11.7. The van der Waals surface area contributed by atoms with Crippen LogP contribution in [-0.4, -0.2) is 43.2 Å².